The van der Waals surface area contributed by atoms with Gasteiger partial charge >= 0.3 is 0 Å². The van der Waals surface area contributed by atoms with Gasteiger partial charge < -0.3 is 9.80 Å². The van der Waals surface area contributed by atoms with Gasteiger partial charge in [-0.05, 0) is 49.8 Å². The van der Waals surface area contributed by atoms with Crippen LogP contribution in [0.25, 0.3) is 0 Å². The number of likely N-dealkylation sites (tertiary alicyclic amines) is 1. The second kappa shape index (κ2) is 8.00. The molecule has 0 N–H and O–H groups in total. The normalized spacial score (nSPS) is 19.2. The molecule has 6 heteroatoms. The first-order valence-electron chi connectivity index (χ1n) is 10.0. The molecular formula is C22H25N3O3. The molecule has 28 heavy (non-hydrogen) atoms. The third kappa shape index (κ3) is 3.72. The Bertz CT molecular complexity index is 863. The van der Waals surface area contributed by atoms with Crippen LogP contribution in [0, 0.1) is 10.1 Å². The Morgan fingerprint density at radius 3 is 2.50 bits per heavy atom. The predicted molar refractivity (Wildman–Crippen MR) is 109 cm³/mol. The fourth-order valence-electron chi connectivity index (χ4n) is 4.40. The van der Waals surface area contributed by atoms with Gasteiger partial charge in [-0.2, -0.15) is 0 Å². The Labute approximate surface area is 164 Å². The van der Waals surface area contributed by atoms with Crippen LogP contribution in [0.2, 0.25) is 0 Å². The van der Waals surface area contributed by atoms with Gasteiger partial charge in [0, 0.05) is 37.4 Å². The minimum atomic E-state index is -0.446. The van der Waals surface area contributed by atoms with Crippen molar-refractivity contribution in [3.8, 4) is 0 Å². The van der Waals surface area contributed by atoms with Crippen molar-refractivity contribution in [2.24, 2.45) is 0 Å². The minimum Gasteiger partial charge on any atom is -0.368 e. The van der Waals surface area contributed by atoms with Gasteiger partial charge in [-0.1, -0.05) is 30.3 Å². The van der Waals surface area contributed by atoms with Crippen LogP contribution >= 0.6 is 0 Å². The molecule has 2 aromatic carbocycles. The third-order valence-electron chi connectivity index (χ3n) is 5.82. The molecule has 0 aromatic heterocycles. The lowest BCUT2D eigenvalue weighted by atomic mass is 10.0. The summed E-state index contributed by atoms with van der Waals surface area (Å²) in [6, 6.07) is 15.8. The molecule has 2 heterocycles. The van der Waals surface area contributed by atoms with E-state index in [-0.39, 0.29) is 17.2 Å². The van der Waals surface area contributed by atoms with Crippen molar-refractivity contribution in [1.29, 1.82) is 0 Å². The van der Waals surface area contributed by atoms with Gasteiger partial charge in [-0.3, -0.25) is 14.9 Å². The van der Waals surface area contributed by atoms with E-state index in [4.69, 9.17) is 0 Å². The maximum atomic E-state index is 12.9. The number of nitro benzene ring substituents is 1. The van der Waals surface area contributed by atoms with Crippen LogP contribution in [-0.4, -0.2) is 41.4 Å². The molecule has 0 spiro atoms. The molecule has 0 bridgehead atoms. The van der Waals surface area contributed by atoms with Crippen LogP contribution in [0.3, 0.4) is 0 Å². The summed E-state index contributed by atoms with van der Waals surface area (Å²) in [4.78, 5) is 28.0. The second-order valence-corrected chi connectivity index (χ2v) is 7.64. The van der Waals surface area contributed by atoms with Crippen molar-refractivity contribution in [2.75, 3.05) is 24.5 Å². The number of amides is 1. The Kier molecular flexibility index (Phi) is 5.28. The second-order valence-electron chi connectivity index (χ2n) is 7.64. The average molecular weight is 379 g/mol. The number of hydrogen-bond donors (Lipinski definition) is 0. The van der Waals surface area contributed by atoms with Gasteiger partial charge in [0.15, 0.2) is 0 Å². The molecule has 2 saturated heterocycles. The number of carbonyl (C=O) groups is 1. The Morgan fingerprint density at radius 2 is 1.79 bits per heavy atom. The highest BCUT2D eigenvalue weighted by molar-refractivity contribution is 5.99. The quantitative estimate of drug-likeness (QED) is 0.581. The molecule has 2 aliphatic heterocycles. The van der Waals surface area contributed by atoms with Gasteiger partial charge in [0.05, 0.1) is 4.92 Å². The van der Waals surface area contributed by atoms with Crippen LogP contribution in [-0.2, 0) is 6.42 Å². The minimum absolute atomic E-state index is 0.0977. The Hall–Kier alpha value is -2.89. The number of hydrogen-bond acceptors (Lipinski definition) is 4. The van der Waals surface area contributed by atoms with Gasteiger partial charge in [0.2, 0.25) is 0 Å². The van der Waals surface area contributed by atoms with Crippen LogP contribution < -0.4 is 4.90 Å². The van der Waals surface area contributed by atoms with Crippen LogP contribution in [0.5, 0.6) is 0 Å². The zero-order valence-electron chi connectivity index (χ0n) is 15.9. The topological polar surface area (TPSA) is 66.7 Å². The van der Waals surface area contributed by atoms with E-state index in [9.17, 15) is 14.9 Å². The van der Waals surface area contributed by atoms with Crippen LogP contribution in [0.1, 0.15) is 41.6 Å². The molecule has 1 amide bonds. The van der Waals surface area contributed by atoms with Gasteiger partial charge in [0.1, 0.15) is 5.56 Å². The molecular weight excluding hydrogens is 354 g/mol. The molecule has 1 unspecified atom stereocenters. The fraction of sp³-hybridized carbons (Fsp3) is 0.409. The smallest absolute Gasteiger partial charge is 0.282 e. The van der Waals surface area contributed by atoms with Gasteiger partial charge in [0.25, 0.3) is 11.6 Å². The molecule has 6 nitrogen and oxygen atoms in total. The molecule has 0 saturated carbocycles. The van der Waals surface area contributed by atoms with Crippen molar-refractivity contribution in [3.63, 3.8) is 0 Å². The maximum Gasteiger partial charge on any atom is 0.282 e. The van der Waals surface area contributed by atoms with E-state index in [1.807, 2.05) is 18.2 Å². The number of rotatable bonds is 5. The highest BCUT2D eigenvalue weighted by atomic mass is 16.6. The summed E-state index contributed by atoms with van der Waals surface area (Å²) in [7, 11) is 0. The summed E-state index contributed by atoms with van der Waals surface area (Å²) >= 11 is 0. The van der Waals surface area contributed by atoms with E-state index in [0.29, 0.717) is 19.1 Å². The van der Waals surface area contributed by atoms with Crippen LogP contribution in [0.4, 0.5) is 11.4 Å². The number of nitrogens with zero attached hydrogens (tertiary/aromatic N) is 3. The Morgan fingerprint density at radius 1 is 1.04 bits per heavy atom. The number of carbonyl (C=O) groups excluding carboxylic acids is 1. The van der Waals surface area contributed by atoms with E-state index in [1.54, 1.807) is 17.0 Å². The fourth-order valence-corrected chi connectivity index (χ4v) is 4.40. The van der Waals surface area contributed by atoms with E-state index in [2.05, 4.69) is 17.0 Å². The zero-order chi connectivity index (χ0) is 19.5. The number of benzene rings is 2. The maximum absolute atomic E-state index is 12.9. The number of nitro groups is 1. The van der Waals surface area contributed by atoms with E-state index >= 15 is 0 Å². The predicted octanol–water partition coefficient (Wildman–Crippen LogP) is 4.04. The molecule has 2 fully saturated rings. The molecule has 2 aromatic rings. The largest absolute Gasteiger partial charge is 0.368 e. The van der Waals surface area contributed by atoms with Crippen molar-refractivity contribution in [1.82, 2.24) is 4.90 Å². The zero-order valence-corrected chi connectivity index (χ0v) is 15.9. The summed E-state index contributed by atoms with van der Waals surface area (Å²) in [5, 5.41) is 11.5. The lowest BCUT2D eigenvalue weighted by Gasteiger charge is -2.27. The summed E-state index contributed by atoms with van der Waals surface area (Å²) < 4.78 is 0. The van der Waals surface area contributed by atoms with Crippen LogP contribution in [0.15, 0.2) is 48.5 Å². The molecule has 2 aliphatic rings. The molecule has 0 radical (unpaired) electrons. The molecule has 1 atom stereocenters. The van der Waals surface area contributed by atoms with E-state index in [0.717, 1.165) is 44.3 Å². The molecule has 146 valence electrons. The first-order valence-corrected chi connectivity index (χ1v) is 10.0. The monoisotopic (exact) mass is 379 g/mol. The van der Waals surface area contributed by atoms with E-state index < -0.39 is 4.92 Å². The van der Waals surface area contributed by atoms with Crippen molar-refractivity contribution < 1.29 is 9.72 Å². The number of anilines is 1. The Balaban J connectivity index is 1.62. The first-order chi connectivity index (χ1) is 13.6. The van der Waals surface area contributed by atoms with Crippen molar-refractivity contribution in [3.05, 3.63) is 69.8 Å². The summed E-state index contributed by atoms with van der Waals surface area (Å²) in [5.41, 5.74) is 2.32. The SMILES string of the molecule is O=C(c1cc(N2CCCC2Cc2ccccc2)ccc1[N+](=O)[O-])N1CCCC1. The highest BCUT2D eigenvalue weighted by Gasteiger charge is 2.30. The average Bonchev–Trinajstić information content (AvgIpc) is 3.40. The van der Waals surface area contributed by atoms with Gasteiger partial charge in [-0.25, -0.2) is 0 Å². The summed E-state index contributed by atoms with van der Waals surface area (Å²) in [5.74, 6) is -0.218. The highest BCUT2D eigenvalue weighted by Crippen LogP contribution is 2.32. The standard InChI is InChI=1S/C22H25N3O3/c26-22(23-12-4-5-13-23)20-16-19(10-11-21(20)25(27)28)24-14-6-9-18(24)15-17-7-2-1-3-8-17/h1-3,7-8,10-11,16,18H,4-6,9,12-15H2. The molecule has 4 rings (SSSR count). The lowest BCUT2D eigenvalue weighted by molar-refractivity contribution is -0.385. The summed E-state index contributed by atoms with van der Waals surface area (Å²) in [6.07, 6.45) is 5.04. The molecule has 0 aliphatic carbocycles. The van der Waals surface area contributed by atoms with Crippen molar-refractivity contribution in [2.45, 2.75) is 38.1 Å². The lowest BCUT2D eigenvalue weighted by Crippen LogP contribution is -2.32. The summed E-state index contributed by atoms with van der Waals surface area (Å²) in [6.45, 7) is 2.27. The van der Waals surface area contributed by atoms with Crippen molar-refractivity contribution >= 4 is 17.3 Å². The third-order valence-corrected chi connectivity index (χ3v) is 5.82. The van der Waals surface area contributed by atoms with E-state index in [1.165, 1.54) is 11.6 Å². The first kappa shape index (κ1) is 18.5. The van der Waals surface area contributed by atoms with Gasteiger partial charge in [-0.15, -0.1) is 0 Å².